The summed E-state index contributed by atoms with van der Waals surface area (Å²) < 4.78 is 0. The van der Waals surface area contributed by atoms with E-state index in [1.807, 2.05) is 0 Å². The third-order valence-electron chi connectivity index (χ3n) is 4.37. The molecule has 3 heteroatoms. The van der Waals surface area contributed by atoms with Gasteiger partial charge in [0.2, 0.25) is 0 Å². The number of hydrogen-bond donors (Lipinski definition) is 2. The summed E-state index contributed by atoms with van der Waals surface area (Å²) in [5, 5.41) is 7.94. The second kappa shape index (κ2) is 6.58. The van der Waals surface area contributed by atoms with Crippen molar-refractivity contribution in [2.45, 2.75) is 76.8 Å². The van der Waals surface area contributed by atoms with Gasteiger partial charge in [-0.2, -0.15) is 0 Å². The van der Waals surface area contributed by atoms with E-state index in [0.29, 0.717) is 12.1 Å². The Bertz CT molecular complexity index is 249. The molecule has 0 saturated heterocycles. The molecule has 2 atom stereocenters. The van der Waals surface area contributed by atoms with Crippen molar-refractivity contribution < 1.29 is 0 Å². The van der Waals surface area contributed by atoms with Gasteiger partial charge in [-0.3, -0.25) is 0 Å². The van der Waals surface area contributed by atoms with Crippen LogP contribution in [0.3, 0.4) is 0 Å². The highest BCUT2D eigenvalue weighted by Crippen LogP contribution is 2.23. The van der Waals surface area contributed by atoms with Crippen LogP contribution in [-0.2, 0) is 0 Å². The van der Waals surface area contributed by atoms with Gasteiger partial charge in [-0.15, -0.1) is 0 Å². The van der Waals surface area contributed by atoms with Gasteiger partial charge in [-0.05, 0) is 43.8 Å². The first kappa shape index (κ1) is 13.1. The van der Waals surface area contributed by atoms with Gasteiger partial charge in [-0.25, -0.2) is 0 Å². The average molecular weight is 254 g/mol. The summed E-state index contributed by atoms with van der Waals surface area (Å²) in [6, 6.07) is 1.23. The van der Waals surface area contributed by atoms with E-state index in [1.54, 1.807) is 0 Å². The molecular formula is C14H26N2S. The van der Waals surface area contributed by atoms with Gasteiger partial charge in [-0.1, -0.05) is 39.0 Å². The minimum Gasteiger partial charge on any atom is -0.360 e. The largest absolute Gasteiger partial charge is 0.360 e. The van der Waals surface area contributed by atoms with Crippen LogP contribution in [0.1, 0.15) is 64.7 Å². The van der Waals surface area contributed by atoms with Crippen LogP contribution in [0.25, 0.3) is 0 Å². The first-order valence-corrected chi connectivity index (χ1v) is 7.73. The highest BCUT2D eigenvalue weighted by Gasteiger charge is 2.22. The second-order valence-electron chi connectivity index (χ2n) is 5.82. The first-order valence-electron chi connectivity index (χ1n) is 7.33. The Morgan fingerprint density at radius 1 is 0.882 bits per heavy atom. The zero-order chi connectivity index (χ0) is 12.1. The topological polar surface area (TPSA) is 24.1 Å². The fraction of sp³-hybridized carbons (Fsp3) is 0.929. The highest BCUT2D eigenvalue weighted by atomic mass is 32.1. The van der Waals surface area contributed by atoms with E-state index < -0.39 is 0 Å². The monoisotopic (exact) mass is 254 g/mol. The molecule has 0 spiro atoms. The molecule has 2 aliphatic rings. The fourth-order valence-corrected chi connectivity index (χ4v) is 3.49. The van der Waals surface area contributed by atoms with Gasteiger partial charge < -0.3 is 10.6 Å². The van der Waals surface area contributed by atoms with E-state index in [4.69, 9.17) is 12.2 Å². The molecule has 0 aromatic heterocycles. The Labute approximate surface area is 111 Å². The SMILES string of the molecule is CC1CCCCC1NC(=S)NC1CCCCC1. The maximum absolute atomic E-state index is 5.45. The first-order chi connectivity index (χ1) is 8.25. The summed E-state index contributed by atoms with van der Waals surface area (Å²) in [6.07, 6.45) is 12.1. The Kier molecular flexibility index (Phi) is 5.08. The molecule has 0 bridgehead atoms. The molecule has 0 aliphatic heterocycles. The van der Waals surface area contributed by atoms with Crippen molar-refractivity contribution in [2.75, 3.05) is 0 Å². The Morgan fingerprint density at radius 3 is 2.24 bits per heavy atom. The molecule has 0 aromatic rings. The molecule has 98 valence electrons. The molecule has 2 nitrogen and oxygen atoms in total. The predicted octanol–water partition coefficient (Wildman–Crippen LogP) is 3.36. The standard InChI is InChI=1S/C14H26N2S/c1-11-7-5-6-10-13(11)16-14(17)15-12-8-3-2-4-9-12/h11-13H,2-10H2,1H3,(H2,15,16,17). The van der Waals surface area contributed by atoms with Gasteiger partial charge in [0.25, 0.3) is 0 Å². The van der Waals surface area contributed by atoms with Crippen molar-refractivity contribution in [3.05, 3.63) is 0 Å². The van der Waals surface area contributed by atoms with Crippen LogP contribution in [-0.4, -0.2) is 17.2 Å². The summed E-state index contributed by atoms with van der Waals surface area (Å²) >= 11 is 5.45. The molecule has 17 heavy (non-hydrogen) atoms. The van der Waals surface area contributed by atoms with Crippen LogP contribution in [0.15, 0.2) is 0 Å². The van der Waals surface area contributed by atoms with E-state index in [-0.39, 0.29) is 0 Å². The van der Waals surface area contributed by atoms with Gasteiger partial charge in [0.15, 0.2) is 5.11 Å². The van der Waals surface area contributed by atoms with Crippen LogP contribution in [0.5, 0.6) is 0 Å². The smallest absolute Gasteiger partial charge is 0.166 e. The molecule has 0 radical (unpaired) electrons. The molecule has 2 N–H and O–H groups in total. The van der Waals surface area contributed by atoms with Crippen LogP contribution in [0.2, 0.25) is 0 Å². The van der Waals surface area contributed by atoms with Crippen molar-refractivity contribution in [3.63, 3.8) is 0 Å². The molecule has 2 aliphatic carbocycles. The summed E-state index contributed by atoms with van der Waals surface area (Å²) in [5.41, 5.74) is 0. The average Bonchev–Trinajstić information content (AvgIpc) is 2.33. The van der Waals surface area contributed by atoms with Gasteiger partial charge in [0.1, 0.15) is 0 Å². The van der Waals surface area contributed by atoms with Crippen molar-refractivity contribution in [2.24, 2.45) is 5.92 Å². The number of rotatable bonds is 2. The van der Waals surface area contributed by atoms with Crippen molar-refractivity contribution in [1.29, 1.82) is 0 Å². The molecule has 0 aromatic carbocycles. The van der Waals surface area contributed by atoms with Gasteiger partial charge in [0.05, 0.1) is 0 Å². The lowest BCUT2D eigenvalue weighted by molar-refractivity contribution is 0.306. The van der Waals surface area contributed by atoms with Crippen molar-refractivity contribution in [1.82, 2.24) is 10.6 Å². The fourth-order valence-electron chi connectivity index (χ4n) is 3.17. The summed E-state index contributed by atoms with van der Waals surface area (Å²) in [5.74, 6) is 0.773. The normalized spacial score (nSPS) is 30.9. The number of hydrogen-bond acceptors (Lipinski definition) is 1. The second-order valence-corrected chi connectivity index (χ2v) is 6.23. The molecule has 0 heterocycles. The van der Waals surface area contributed by atoms with Crippen LogP contribution >= 0.6 is 12.2 Å². The molecular weight excluding hydrogens is 228 g/mol. The molecule has 0 amide bonds. The van der Waals surface area contributed by atoms with Crippen LogP contribution < -0.4 is 10.6 Å². The lowest BCUT2D eigenvalue weighted by Crippen LogP contribution is -2.49. The molecule has 2 saturated carbocycles. The third-order valence-corrected chi connectivity index (χ3v) is 4.60. The Morgan fingerprint density at radius 2 is 1.53 bits per heavy atom. The van der Waals surface area contributed by atoms with Crippen LogP contribution in [0.4, 0.5) is 0 Å². The van der Waals surface area contributed by atoms with Crippen LogP contribution in [0, 0.1) is 5.92 Å². The lowest BCUT2D eigenvalue weighted by atomic mass is 9.86. The predicted molar refractivity (Wildman–Crippen MR) is 77.2 cm³/mol. The summed E-state index contributed by atoms with van der Waals surface area (Å²) in [4.78, 5) is 0. The van der Waals surface area contributed by atoms with Gasteiger partial charge >= 0.3 is 0 Å². The van der Waals surface area contributed by atoms with Crippen molar-refractivity contribution in [3.8, 4) is 0 Å². The molecule has 2 fully saturated rings. The molecule has 2 unspecified atom stereocenters. The third kappa shape index (κ3) is 4.13. The minimum absolute atomic E-state index is 0.604. The lowest BCUT2D eigenvalue weighted by Gasteiger charge is -2.32. The zero-order valence-electron chi connectivity index (χ0n) is 11.0. The van der Waals surface area contributed by atoms with E-state index >= 15 is 0 Å². The maximum Gasteiger partial charge on any atom is 0.166 e. The Balaban J connectivity index is 1.72. The zero-order valence-corrected chi connectivity index (χ0v) is 11.8. The van der Waals surface area contributed by atoms with E-state index in [1.165, 1.54) is 57.8 Å². The van der Waals surface area contributed by atoms with Crippen molar-refractivity contribution >= 4 is 17.3 Å². The summed E-state index contributed by atoms with van der Waals surface area (Å²) in [6.45, 7) is 2.35. The van der Waals surface area contributed by atoms with E-state index in [2.05, 4.69) is 17.6 Å². The maximum atomic E-state index is 5.45. The van der Waals surface area contributed by atoms with E-state index in [9.17, 15) is 0 Å². The Hall–Kier alpha value is -0.310. The van der Waals surface area contributed by atoms with E-state index in [0.717, 1.165) is 11.0 Å². The van der Waals surface area contributed by atoms with Gasteiger partial charge in [0, 0.05) is 12.1 Å². The number of thiocarbonyl (C=S) groups is 1. The minimum atomic E-state index is 0.604. The number of nitrogens with one attached hydrogen (secondary N) is 2. The quantitative estimate of drug-likeness (QED) is 0.739. The summed E-state index contributed by atoms with van der Waals surface area (Å²) in [7, 11) is 0. The highest BCUT2D eigenvalue weighted by molar-refractivity contribution is 7.80. The molecule has 2 rings (SSSR count).